The lowest BCUT2D eigenvalue weighted by Gasteiger charge is -2.34. The molecule has 1 N–H and O–H groups in total. The van der Waals surface area contributed by atoms with E-state index in [1.807, 2.05) is 12.1 Å². The summed E-state index contributed by atoms with van der Waals surface area (Å²) in [4.78, 5) is 32.5. The first-order valence-electron chi connectivity index (χ1n) is 9.19. The van der Waals surface area contributed by atoms with Crippen molar-refractivity contribution in [1.82, 2.24) is 9.88 Å². The van der Waals surface area contributed by atoms with Crippen molar-refractivity contribution in [2.24, 2.45) is 0 Å². The highest BCUT2D eigenvalue weighted by Gasteiger charge is 2.23. The van der Waals surface area contributed by atoms with Crippen LogP contribution in [0.5, 0.6) is 5.75 Å². The van der Waals surface area contributed by atoms with Crippen molar-refractivity contribution in [2.75, 3.05) is 50.1 Å². The second-order valence-electron chi connectivity index (χ2n) is 6.26. The van der Waals surface area contributed by atoms with Crippen LogP contribution in [0.2, 0.25) is 0 Å². The summed E-state index contributed by atoms with van der Waals surface area (Å²) in [6, 6.07) is 10.6. The van der Waals surface area contributed by atoms with E-state index in [-0.39, 0.29) is 12.0 Å². The molecule has 1 aromatic heterocycles. The number of anilines is 2. The summed E-state index contributed by atoms with van der Waals surface area (Å²) in [5.41, 5.74) is 1.17. The Hall–Kier alpha value is -3.29. The van der Waals surface area contributed by atoms with Gasteiger partial charge in [0.25, 0.3) is 5.91 Å². The number of benzene rings is 1. The van der Waals surface area contributed by atoms with Gasteiger partial charge in [0.15, 0.2) is 0 Å². The van der Waals surface area contributed by atoms with Gasteiger partial charge in [0, 0.05) is 49.7 Å². The Bertz CT molecular complexity index is 834. The van der Waals surface area contributed by atoms with Gasteiger partial charge in [-0.15, -0.1) is 0 Å². The minimum Gasteiger partial charge on any atom is -0.497 e. The van der Waals surface area contributed by atoms with E-state index in [1.165, 1.54) is 0 Å². The van der Waals surface area contributed by atoms with Gasteiger partial charge in [-0.2, -0.15) is 0 Å². The van der Waals surface area contributed by atoms with Crippen LogP contribution >= 0.6 is 0 Å². The van der Waals surface area contributed by atoms with Crippen LogP contribution < -0.4 is 15.0 Å². The van der Waals surface area contributed by atoms with Crippen LogP contribution in [-0.2, 0) is 4.74 Å². The Kier molecular flexibility index (Phi) is 6.31. The molecule has 2 amide bonds. The van der Waals surface area contributed by atoms with Crippen LogP contribution in [0.3, 0.4) is 0 Å². The molecule has 2 heterocycles. The molecule has 0 saturated carbocycles. The zero-order chi connectivity index (χ0) is 19.9. The molecule has 8 heteroatoms. The molecule has 2 aromatic rings. The number of carbonyl (C=O) groups excluding carboxylic acids is 2. The van der Waals surface area contributed by atoms with Crippen molar-refractivity contribution in [3.63, 3.8) is 0 Å². The Morgan fingerprint density at radius 3 is 2.64 bits per heavy atom. The zero-order valence-corrected chi connectivity index (χ0v) is 16.1. The fourth-order valence-corrected chi connectivity index (χ4v) is 2.97. The van der Waals surface area contributed by atoms with Crippen LogP contribution in [0.1, 0.15) is 17.3 Å². The fourth-order valence-electron chi connectivity index (χ4n) is 2.97. The zero-order valence-electron chi connectivity index (χ0n) is 16.1. The van der Waals surface area contributed by atoms with E-state index < -0.39 is 0 Å². The fraction of sp³-hybridized carbons (Fsp3) is 0.350. The maximum atomic E-state index is 12.6. The number of hydrogen-bond donors (Lipinski definition) is 1. The second kappa shape index (κ2) is 9.07. The quantitative estimate of drug-likeness (QED) is 0.853. The van der Waals surface area contributed by atoms with E-state index in [4.69, 9.17) is 9.47 Å². The molecule has 1 aliphatic heterocycles. The number of piperazine rings is 1. The number of nitrogens with zero attached hydrogens (tertiary/aromatic N) is 3. The van der Waals surface area contributed by atoms with Crippen LogP contribution in [0.25, 0.3) is 0 Å². The molecule has 1 aromatic carbocycles. The summed E-state index contributed by atoms with van der Waals surface area (Å²) >= 11 is 0. The lowest BCUT2D eigenvalue weighted by atomic mass is 10.2. The lowest BCUT2D eigenvalue weighted by molar-refractivity contribution is 0.102. The summed E-state index contributed by atoms with van der Waals surface area (Å²) in [5, 5.41) is 2.86. The predicted octanol–water partition coefficient (Wildman–Crippen LogP) is 2.62. The van der Waals surface area contributed by atoms with E-state index in [0.29, 0.717) is 55.6 Å². The molecule has 0 radical (unpaired) electrons. The van der Waals surface area contributed by atoms with E-state index in [2.05, 4.69) is 15.2 Å². The minimum absolute atomic E-state index is 0.220. The monoisotopic (exact) mass is 384 g/mol. The average Bonchev–Trinajstić information content (AvgIpc) is 2.74. The summed E-state index contributed by atoms with van der Waals surface area (Å²) in [5.74, 6) is 1.16. The molecule has 3 rings (SSSR count). The summed E-state index contributed by atoms with van der Waals surface area (Å²) in [7, 11) is 1.58. The first kappa shape index (κ1) is 19.5. The third kappa shape index (κ3) is 4.70. The van der Waals surface area contributed by atoms with Crippen molar-refractivity contribution in [2.45, 2.75) is 6.92 Å². The van der Waals surface area contributed by atoms with Gasteiger partial charge in [-0.25, -0.2) is 9.78 Å². The predicted molar refractivity (Wildman–Crippen MR) is 106 cm³/mol. The number of aromatic nitrogens is 1. The smallest absolute Gasteiger partial charge is 0.409 e. The molecule has 148 valence electrons. The number of amides is 2. The first-order valence-corrected chi connectivity index (χ1v) is 9.19. The first-order chi connectivity index (χ1) is 13.6. The van der Waals surface area contributed by atoms with Crippen molar-refractivity contribution in [3.8, 4) is 5.75 Å². The standard InChI is InChI=1S/C20H24N4O4/c1-3-28-20(26)24-11-9-23(10-12-24)18-13-15(7-8-21-18)19(25)22-16-5-4-6-17(14-16)27-2/h4-8,13-14H,3,9-12H2,1-2H3,(H,22,25). The van der Waals surface area contributed by atoms with Gasteiger partial charge in [0.2, 0.25) is 0 Å². The number of ether oxygens (including phenoxy) is 2. The highest BCUT2D eigenvalue weighted by atomic mass is 16.6. The highest BCUT2D eigenvalue weighted by Crippen LogP contribution is 2.19. The third-order valence-electron chi connectivity index (χ3n) is 4.46. The SMILES string of the molecule is CCOC(=O)N1CCN(c2cc(C(=O)Nc3cccc(OC)c3)ccn2)CC1. The van der Waals surface area contributed by atoms with E-state index in [1.54, 1.807) is 49.4 Å². The van der Waals surface area contributed by atoms with Crippen molar-refractivity contribution >= 4 is 23.5 Å². The molecular formula is C20H24N4O4. The molecule has 0 spiro atoms. The molecule has 8 nitrogen and oxygen atoms in total. The largest absolute Gasteiger partial charge is 0.497 e. The Morgan fingerprint density at radius 1 is 1.14 bits per heavy atom. The van der Waals surface area contributed by atoms with Crippen molar-refractivity contribution < 1.29 is 19.1 Å². The van der Waals surface area contributed by atoms with Crippen LogP contribution in [0, 0.1) is 0 Å². The van der Waals surface area contributed by atoms with Crippen LogP contribution in [0.4, 0.5) is 16.3 Å². The molecule has 1 aliphatic rings. The van der Waals surface area contributed by atoms with Crippen LogP contribution in [-0.4, -0.2) is 61.8 Å². The Labute approximate surface area is 164 Å². The molecule has 1 fully saturated rings. The van der Waals surface area contributed by atoms with Crippen LogP contribution in [0.15, 0.2) is 42.6 Å². The molecular weight excluding hydrogens is 360 g/mol. The summed E-state index contributed by atoms with van der Waals surface area (Å²) in [6.45, 7) is 4.53. The van der Waals surface area contributed by atoms with Gasteiger partial charge in [-0.05, 0) is 31.2 Å². The van der Waals surface area contributed by atoms with Crippen molar-refractivity contribution in [1.29, 1.82) is 0 Å². The molecule has 0 atom stereocenters. The topological polar surface area (TPSA) is 84.0 Å². The minimum atomic E-state index is -0.290. The highest BCUT2D eigenvalue weighted by molar-refractivity contribution is 6.04. The molecule has 0 bridgehead atoms. The Morgan fingerprint density at radius 2 is 1.93 bits per heavy atom. The number of methoxy groups -OCH3 is 1. The number of rotatable bonds is 5. The van der Waals surface area contributed by atoms with E-state index in [9.17, 15) is 9.59 Å². The van der Waals surface area contributed by atoms with Gasteiger partial charge in [-0.3, -0.25) is 4.79 Å². The normalized spacial score (nSPS) is 13.8. The number of carbonyl (C=O) groups is 2. The number of pyridine rings is 1. The van der Waals surface area contributed by atoms with Gasteiger partial charge in [0.05, 0.1) is 13.7 Å². The third-order valence-corrected chi connectivity index (χ3v) is 4.46. The molecule has 28 heavy (non-hydrogen) atoms. The van der Waals surface area contributed by atoms with E-state index in [0.717, 1.165) is 0 Å². The van der Waals surface area contributed by atoms with E-state index >= 15 is 0 Å². The Balaban J connectivity index is 1.64. The van der Waals surface area contributed by atoms with Gasteiger partial charge in [-0.1, -0.05) is 6.07 Å². The van der Waals surface area contributed by atoms with Gasteiger partial charge < -0.3 is 24.6 Å². The number of hydrogen-bond acceptors (Lipinski definition) is 6. The maximum Gasteiger partial charge on any atom is 0.409 e. The maximum absolute atomic E-state index is 12.6. The second-order valence-corrected chi connectivity index (χ2v) is 6.26. The van der Waals surface area contributed by atoms with Gasteiger partial charge in [0.1, 0.15) is 11.6 Å². The molecule has 0 aliphatic carbocycles. The summed E-state index contributed by atoms with van der Waals surface area (Å²) in [6.07, 6.45) is 1.33. The molecule has 1 saturated heterocycles. The van der Waals surface area contributed by atoms with Gasteiger partial charge >= 0.3 is 6.09 Å². The average molecular weight is 384 g/mol. The van der Waals surface area contributed by atoms with Crippen molar-refractivity contribution in [3.05, 3.63) is 48.2 Å². The lowest BCUT2D eigenvalue weighted by Crippen LogP contribution is -2.49. The number of nitrogens with one attached hydrogen (secondary N) is 1. The molecule has 0 unspecified atom stereocenters. The summed E-state index contributed by atoms with van der Waals surface area (Å²) < 4.78 is 10.2.